The van der Waals surface area contributed by atoms with Gasteiger partial charge >= 0.3 is 0 Å². The number of nitrogens with zero attached hydrogens (tertiary/aromatic N) is 1. The van der Waals surface area contributed by atoms with E-state index in [0.717, 1.165) is 32.7 Å². The van der Waals surface area contributed by atoms with Gasteiger partial charge in [-0.2, -0.15) is 0 Å². The average molecular weight is 304 g/mol. The molecule has 2 aromatic carbocycles. The van der Waals surface area contributed by atoms with Gasteiger partial charge in [0.2, 0.25) is 0 Å². The fourth-order valence-corrected chi connectivity index (χ4v) is 3.25. The maximum absolute atomic E-state index is 6.10. The lowest BCUT2D eigenvalue weighted by Gasteiger charge is -2.07. The minimum atomic E-state index is 0.739. The van der Waals surface area contributed by atoms with E-state index in [1.165, 1.54) is 5.56 Å². The van der Waals surface area contributed by atoms with Crippen LogP contribution in [0.4, 0.5) is 0 Å². The van der Waals surface area contributed by atoms with Crippen LogP contribution in [0.2, 0.25) is 5.02 Å². The van der Waals surface area contributed by atoms with Crippen LogP contribution < -0.4 is 5.32 Å². The van der Waals surface area contributed by atoms with E-state index < -0.39 is 0 Å². The Kier molecular flexibility index (Phi) is 3.96. The van der Waals surface area contributed by atoms with E-state index in [1.54, 1.807) is 11.8 Å². The minimum absolute atomic E-state index is 0.739. The van der Waals surface area contributed by atoms with Crippen LogP contribution in [0.15, 0.2) is 52.5 Å². The summed E-state index contributed by atoms with van der Waals surface area (Å²) < 4.78 is 0. The molecule has 20 heavy (non-hydrogen) atoms. The monoisotopic (exact) mass is 303 g/mol. The molecule has 102 valence electrons. The lowest BCUT2D eigenvalue weighted by Crippen LogP contribution is -2.06. The SMILES string of the molecule is CNCc1ccc(Cl)cc1Sc1nc2ccccc2[nH]1. The van der Waals surface area contributed by atoms with Crippen molar-refractivity contribution >= 4 is 34.4 Å². The predicted octanol–water partition coefficient (Wildman–Crippen LogP) is 4.09. The molecular formula is C15H14ClN3S. The molecule has 3 rings (SSSR count). The van der Waals surface area contributed by atoms with Gasteiger partial charge in [0.25, 0.3) is 0 Å². The van der Waals surface area contributed by atoms with Gasteiger partial charge in [0.05, 0.1) is 11.0 Å². The second-order valence-corrected chi connectivity index (χ2v) is 5.91. The highest BCUT2D eigenvalue weighted by atomic mass is 35.5. The molecule has 0 bridgehead atoms. The summed E-state index contributed by atoms with van der Waals surface area (Å²) in [6.07, 6.45) is 0. The van der Waals surface area contributed by atoms with Crippen LogP contribution >= 0.6 is 23.4 Å². The fraction of sp³-hybridized carbons (Fsp3) is 0.133. The summed E-state index contributed by atoms with van der Waals surface area (Å²) in [5, 5.41) is 4.79. The zero-order chi connectivity index (χ0) is 13.9. The van der Waals surface area contributed by atoms with Gasteiger partial charge in [0, 0.05) is 16.5 Å². The molecule has 0 unspecified atom stereocenters. The Balaban J connectivity index is 1.95. The summed E-state index contributed by atoms with van der Waals surface area (Å²) in [4.78, 5) is 9.02. The zero-order valence-electron chi connectivity index (χ0n) is 11.0. The van der Waals surface area contributed by atoms with Crippen molar-refractivity contribution in [1.82, 2.24) is 15.3 Å². The normalized spacial score (nSPS) is 11.1. The minimum Gasteiger partial charge on any atom is -0.333 e. The van der Waals surface area contributed by atoms with Gasteiger partial charge in [-0.05, 0) is 36.9 Å². The van der Waals surface area contributed by atoms with Gasteiger partial charge in [-0.1, -0.05) is 41.6 Å². The molecule has 2 N–H and O–H groups in total. The van der Waals surface area contributed by atoms with E-state index in [4.69, 9.17) is 11.6 Å². The van der Waals surface area contributed by atoms with Crippen molar-refractivity contribution in [3.05, 3.63) is 53.1 Å². The molecule has 0 spiro atoms. The first-order chi connectivity index (χ1) is 9.76. The smallest absolute Gasteiger partial charge is 0.171 e. The molecule has 0 aliphatic carbocycles. The Morgan fingerprint density at radius 1 is 1.25 bits per heavy atom. The van der Waals surface area contributed by atoms with Crippen LogP contribution in [-0.4, -0.2) is 17.0 Å². The van der Waals surface area contributed by atoms with Crippen molar-refractivity contribution in [2.75, 3.05) is 7.05 Å². The van der Waals surface area contributed by atoms with Crippen molar-refractivity contribution in [1.29, 1.82) is 0 Å². The van der Waals surface area contributed by atoms with E-state index in [-0.39, 0.29) is 0 Å². The molecule has 0 saturated heterocycles. The molecule has 0 aliphatic heterocycles. The predicted molar refractivity (Wildman–Crippen MR) is 84.4 cm³/mol. The van der Waals surface area contributed by atoms with Crippen molar-refractivity contribution < 1.29 is 0 Å². The Morgan fingerprint density at radius 2 is 2.10 bits per heavy atom. The number of aromatic amines is 1. The summed E-state index contributed by atoms with van der Waals surface area (Å²) in [5.41, 5.74) is 3.24. The highest BCUT2D eigenvalue weighted by Crippen LogP contribution is 2.32. The lowest BCUT2D eigenvalue weighted by atomic mass is 10.2. The number of benzene rings is 2. The fourth-order valence-electron chi connectivity index (χ4n) is 2.04. The molecule has 3 aromatic rings. The number of hydrogen-bond acceptors (Lipinski definition) is 3. The second kappa shape index (κ2) is 5.87. The van der Waals surface area contributed by atoms with E-state index >= 15 is 0 Å². The molecule has 0 atom stereocenters. The standard InChI is InChI=1S/C15H14ClN3S/c1-17-9-10-6-7-11(16)8-14(10)20-15-18-12-4-2-3-5-13(12)19-15/h2-8,17H,9H2,1H3,(H,18,19). The second-order valence-electron chi connectivity index (χ2n) is 4.44. The highest BCUT2D eigenvalue weighted by molar-refractivity contribution is 7.99. The van der Waals surface area contributed by atoms with Gasteiger partial charge in [-0.15, -0.1) is 0 Å². The van der Waals surface area contributed by atoms with Crippen molar-refractivity contribution in [2.24, 2.45) is 0 Å². The third-order valence-electron chi connectivity index (χ3n) is 2.97. The number of fused-ring (bicyclic) bond motifs is 1. The maximum Gasteiger partial charge on any atom is 0.171 e. The third kappa shape index (κ3) is 2.82. The lowest BCUT2D eigenvalue weighted by molar-refractivity contribution is 0.803. The van der Waals surface area contributed by atoms with E-state index in [0.29, 0.717) is 0 Å². The number of hydrogen-bond donors (Lipinski definition) is 2. The zero-order valence-corrected chi connectivity index (χ0v) is 12.6. The highest BCUT2D eigenvalue weighted by Gasteiger charge is 2.08. The van der Waals surface area contributed by atoms with Crippen molar-refractivity contribution in [3.63, 3.8) is 0 Å². The van der Waals surface area contributed by atoms with E-state index in [1.807, 2.05) is 49.5 Å². The Labute approximate surface area is 126 Å². The number of halogens is 1. The van der Waals surface area contributed by atoms with Gasteiger partial charge in [0.15, 0.2) is 5.16 Å². The summed E-state index contributed by atoms with van der Waals surface area (Å²) in [6.45, 7) is 0.805. The summed E-state index contributed by atoms with van der Waals surface area (Å²) in [6, 6.07) is 14.0. The van der Waals surface area contributed by atoms with Gasteiger partial charge in [0.1, 0.15) is 0 Å². The molecule has 5 heteroatoms. The van der Waals surface area contributed by atoms with Crippen LogP contribution in [0.1, 0.15) is 5.56 Å². The first-order valence-corrected chi connectivity index (χ1v) is 7.51. The van der Waals surface area contributed by atoms with Crippen molar-refractivity contribution in [2.45, 2.75) is 16.6 Å². The molecule has 0 aliphatic rings. The van der Waals surface area contributed by atoms with Crippen LogP contribution in [0, 0.1) is 0 Å². The molecule has 1 aromatic heterocycles. The molecule has 0 fully saturated rings. The molecular weight excluding hydrogens is 290 g/mol. The number of aromatic nitrogens is 2. The van der Waals surface area contributed by atoms with Gasteiger partial charge in [-0.3, -0.25) is 0 Å². The number of nitrogens with one attached hydrogen (secondary N) is 2. The van der Waals surface area contributed by atoms with Crippen LogP contribution in [0.25, 0.3) is 11.0 Å². The number of para-hydroxylation sites is 2. The van der Waals surface area contributed by atoms with Crippen LogP contribution in [-0.2, 0) is 6.54 Å². The van der Waals surface area contributed by atoms with Gasteiger partial charge in [-0.25, -0.2) is 4.98 Å². The van der Waals surface area contributed by atoms with Gasteiger partial charge < -0.3 is 10.3 Å². The third-order valence-corrected chi connectivity index (χ3v) is 4.19. The van der Waals surface area contributed by atoms with E-state index in [2.05, 4.69) is 15.3 Å². The average Bonchev–Trinajstić information content (AvgIpc) is 2.84. The molecule has 0 saturated carbocycles. The maximum atomic E-state index is 6.10. The first-order valence-electron chi connectivity index (χ1n) is 6.32. The molecule has 0 amide bonds. The Hall–Kier alpha value is -1.49. The van der Waals surface area contributed by atoms with Crippen LogP contribution in [0.3, 0.4) is 0 Å². The summed E-state index contributed by atoms with van der Waals surface area (Å²) in [7, 11) is 1.93. The number of imidazole rings is 1. The molecule has 0 radical (unpaired) electrons. The molecule has 1 heterocycles. The quantitative estimate of drug-likeness (QED) is 0.763. The summed E-state index contributed by atoms with van der Waals surface area (Å²) in [5.74, 6) is 0. The number of H-pyrrole nitrogens is 1. The summed E-state index contributed by atoms with van der Waals surface area (Å²) >= 11 is 7.70. The topological polar surface area (TPSA) is 40.7 Å². The van der Waals surface area contributed by atoms with Crippen LogP contribution in [0.5, 0.6) is 0 Å². The van der Waals surface area contributed by atoms with E-state index in [9.17, 15) is 0 Å². The molecule has 3 nitrogen and oxygen atoms in total. The number of rotatable bonds is 4. The van der Waals surface area contributed by atoms with Crippen molar-refractivity contribution in [3.8, 4) is 0 Å². The Bertz CT molecular complexity index is 706. The Morgan fingerprint density at radius 3 is 2.90 bits per heavy atom. The largest absolute Gasteiger partial charge is 0.333 e. The first kappa shape index (κ1) is 13.5.